The molecule has 0 fully saturated rings. The first-order valence-electron chi connectivity index (χ1n) is 6.79. The van der Waals surface area contributed by atoms with Crippen LogP contribution in [-0.2, 0) is 4.79 Å². The highest BCUT2D eigenvalue weighted by Crippen LogP contribution is 2.35. The molecule has 2 aromatic carbocycles. The van der Waals surface area contributed by atoms with Gasteiger partial charge in [-0.15, -0.1) is 0 Å². The highest BCUT2D eigenvalue weighted by molar-refractivity contribution is 14.1. The molecule has 0 aromatic heterocycles. The Kier molecular flexibility index (Phi) is 4.12. The number of nitrogens with one attached hydrogen (secondary N) is 2. The van der Waals surface area contributed by atoms with Crippen LogP contribution in [0.15, 0.2) is 42.5 Å². The number of likely N-dealkylation sites (N-methyl/N-ethyl adjacent to an activating group) is 1. The molecule has 1 aliphatic rings. The summed E-state index contributed by atoms with van der Waals surface area (Å²) >= 11 is 2.25. The number of carbonyl (C=O) groups excluding carboxylic acids is 1. The van der Waals surface area contributed by atoms with Gasteiger partial charge in [0.2, 0.25) is 5.91 Å². The molecule has 4 nitrogen and oxygen atoms in total. The van der Waals surface area contributed by atoms with Crippen molar-refractivity contribution in [2.24, 2.45) is 0 Å². The van der Waals surface area contributed by atoms with Crippen LogP contribution in [0.2, 0.25) is 0 Å². The van der Waals surface area contributed by atoms with Gasteiger partial charge in [0.25, 0.3) is 0 Å². The van der Waals surface area contributed by atoms with E-state index in [4.69, 9.17) is 4.74 Å². The molecule has 3 rings (SSSR count). The lowest BCUT2D eigenvalue weighted by Gasteiger charge is -2.10. The van der Waals surface area contributed by atoms with E-state index in [9.17, 15) is 4.79 Å². The quantitative estimate of drug-likeness (QED) is 0.778. The Labute approximate surface area is 137 Å². The summed E-state index contributed by atoms with van der Waals surface area (Å²) in [5.41, 5.74) is 1.78. The number of rotatable bonds is 4. The molecule has 5 heteroatoms. The van der Waals surface area contributed by atoms with E-state index in [1.54, 1.807) is 0 Å². The van der Waals surface area contributed by atoms with Crippen LogP contribution >= 0.6 is 22.6 Å². The van der Waals surface area contributed by atoms with Crippen LogP contribution in [0.3, 0.4) is 0 Å². The molecule has 2 aromatic rings. The van der Waals surface area contributed by atoms with Gasteiger partial charge in [-0.05, 0) is 53.4 Å². The molecular weight excluding hydrogens is 379 g/mol. The molecule has 108 valence electrons. The Morgan fingerprint density at radius 2 is 2.05 bits per heavy atom. The van der Waals surface area contributed by atoms with E-state index in [-0.39, 0.29) is 11.9 Å². The van der Waals surface area contributed by atoms with Crippen molar-refractivity contribution >= 4 is 34.2 Å². The van der Waals surface area contributed by atoms with Gasteiger partial charge in [-0.1, -0.05) is 19.1 Å². The molecule has 1 atom stereocenters. The normalized spacial score (nSPS) is 16.5. The van der Waals surface area contributed by atoms with E-state index >= 15 is 0 Å². The van der Waals surface area contributed by atoms with Crippen LogP contribution in [0, 0.1) is 3.57 Å². The first-order chi connectivity index (χ1) is 10.2. The monoisotopic (exact) mass is 394 g/mol. The van der Waals surface area contributed by atoms with Crippen LogP contribution < -0.4 is 15.4 Å². The number of ether oxygens (including phenoxy) is 1. The maximum atomic E-state index is 11.9. The molecule has 0 aliphatic carbocycles. The van der Waals surface area contributed by atoms with Crippen molar-refractivity contribution in [1.82, 2.24) is 5.32 Å². The van der Waals surface area contributed by atoms with Crippen molar-refractivity contribution < 1.29 is 9.53 Å². The van der Waals surface area contributed by atoms with Gasteiger partial charge < -0.3 is 15.4 Å². The van der Waals surface area contributed by atoms with Crippen LogP contribution in [0.1, 0.15) is 18.5 Å². The summed E-state index contributed by atoms with van der Waals surface area (Å²) in [6.07, 6.45) is 0. The minimum absolute atomic E-state index is 0.0155. The smallest absolute Gasteiger partial charge is 0.246 e. The van der Waals surface area contributed by atoms with Crippen LogP contribution in [0.4, 0.5) is 5.69 Å². The fraction of sp³-hybridized carbons (Fsp3) is 0.188. The minimum atomic E-state index is -0.267. The van der Waals surface area contributed by atoms with Gasteiger partial charge in [0.15, 0.2) is 0 Å². The number of hydrogen-bond acceptors (Lipinski definition) is 3. The molecule has 1 heterocycles. The first-order valence-corrected chi connectivity index (χ1v) is 7.87. The second kappa shape index (κ2) is 6.03. The standard InChI is InChI=1S/C16H15IN2O2/c1-2-18-15-13-7-6-12(9-14(13)19-16(15)20)21-11-5-3-4-10(17)8-11/h3-9,15,18H,2H2,1H3,(H,19,20). The molecule has 0 bridgehead atoms. The number of carbonyl (C=O) groups is 1. The molecule has 1 amide bonds. The third kappa shape index (κ3) is 3.03. The lowest BCUT2D eigenvalue weighted by molar-refractivity contribution is -0.117. The fourth-order valence-corrected chi connectivity index (χ4v) is 2.89. The largest absolute Gasteiger partial charge is 0.457 e. The Bertz CT molecular complexity index is 688. The predicted octanol–water partition coefficient (Wildman–Crippen LogP) is 3.69. The number of fused-ring (bicyclic) bond motifs is 1. The molecule has 2 N–H and O–H groups in total. The van der Waals surface area contributed by atoms with Crippen LogP contribution in [-0.4, -0.2) is 12.5 Å². The summed E-state index contributed by atoms with van der Waals surface area (Å²) in [5.74, 6) is 1.49. The Morgan fingerprint density at radius 3 is 2.81 bits per heavy atom. The van der Waals surface area contributed by atoms with E-state index in [1.807, 2.05) is 49.4 Å². The second-order valence-corrected chi connectivity index (χ2v) is 6.03. The van der Waals surface area contributed by atoms with Gasteiger partial charge in [-0.2, -0.15) is 0 Å². The number of hydrogen-bond donors (Lipinski definition) is 2. The molecule has 0 spiro atoms. The van der Waals surface area contributed by atoms with E-state index in [1.165, 1.54) is 0 Å². The van der Waals surface area contributed by atoms with Crippen molar-refractivity contribution in [2.75, 3.05) is 11.9 Å². The zero-order valence-corrected chi connectivity index (χ0v) is 13.7. The molecule has 1 aliphatic heterocycles. The molecule has 0 radical (unpaired) electrons. The highest BCUT2D eigenvalue weighted by atomic mass is 127. The summed E-state index contributed by atoms with van der Waals surface area (Å²) < 4.78 is 6.96. The van der Waals surface area contributed by atoms with Gasteiger partial charge >= 0.3 is 0 Å². The third-order valence-electron chi connectivity index (χ3n) is 3.30. The lowest BCUT2D eigenvalue weighted by Crippen LogP contribution is -2.27. The highest BCUT2D eigenvalue weighted by Gasteiger charge is 2.29. The average molecular weight is 394 g/mol. The average Bonchev–Trinajstić information content (AvgIpc) is 2.75. The maximum Gasteiger partial charge on any atom is 0.246 e. The summed E-state index contributed by atoms with van der Waals surface area (Å²) in [6, 6.07) is 13.3. The molecule has 0 saturated heterocycles. The van der Waals surface area contributed by atoms with Crippen molar-refractivity contribution in [3.63, 3.8) is 0 Å². The van der Waals surface area contributed by atoms with E-state index in [0.717, 1.165) is 27.1 Å². The molecule has 0 saturated carbocycles. The number of benzene rings is 2. The van der Waals surface area contributed by atoms with Crippen molar-refractivity contribution in [3.8, 4) is 11.5 Å². The Hall–Kier alpha value is -1.60. The van der Waals surface area contributed by atoms with E-state index < -0.39 is 0 Å². The fourth-order valence-electron chi connectivity index (χ4n) is 2.38. The summed E-state index contributed by atoms with van der Waals surface area (Å²) in [7, 11) is 0. The van der Waals surface area contributed by atoms with Gasteiger partial charge in [0.05, 0.1) is 0 Å². The first kappa shape index (κ1) is 14.3. The lowest BCUT2D eigenvalue weighted by atomic mass is 10.1. The zero-order valence-electron chi connectivity index (χ0n) is 11.5. The Balaban J connectivity index is 1.84. The summed E-state index contributed by atoms with van der Waals surface area (Å²) in [4.78, 5) is 11.9. The van der Waals surface area contributed by atoms with Crippen LogP contribution in [0.25, 0.3) is 0 Å². The van der Waals surface area contributed by atoms with E-state index in [0.29, 0.717) is 5.75 Å². The van der Waals surface area contributed by atoms with Crippen molar-refractivity contribution in [1.29, 1.82) is 0 Å². The van der Waals surface area contributed by atoms with Crippen molar-refractivity contribution in [3.05, 3.63) is 51.6 Å². The molecular formula is C16H15IN2O2. The third-order valence-corrected chi connectivity index (χ3v) is 3.97. The van der Waals surface area contributed by atoms with Gasteiger partial charge in [0.1, 0.15) is 17.5 Å². The molecule has 1 unspecified atom stereocenters. The molecule has 21 heavy (non-hydrogen) atoms. The number of halogens is 1. The predicted molar refractivity (Wildman–Crippen MR) is 90.7 cm³/mol. The van der Waals surface area contributed by atoms with E-state index in [2.05, 4.69) is 33.2 Å². The van der Waals surface area contributed by atoms with Crippen LogP contribution in [0.5, 0.6) is 11.5 Å². The maximum absolute atomic E-state index is 11.9. The topological polar surface area (TPSA) is 50.4 Å². The summed E-state index contributed by atoms with van der Waals surface area (Å²) in [5, 5.41) is 6.06. The number of anilines is 1. The minimum Gasteiger partial charge on any atom is -0.457 e. The SMILES string of the molecule is CCNC1C(=O)Nc2cc(Oc3cccc(I)c3)ccc21. The van der Waals surface area contributed by atoms with Gasteiger partial charge in [-0.25, -0.2) is 0 Å². The van der Waals surface area contributed by atoms with Crippen molar-refractivity contribution in [2.45, 2.75) is 13.0 Å². The second-order valence-electron chi connectivity index (χ2n) is 4.79. The van der Waals surface area contributed by atoms with Gasteiger partial charge in [-0.3, -0.25) is 4.79 Å². The number of amides is 1. The van der Waals surface area contributed by atoms with Gasteiger partial charge in [0, 0.05) is 20.9 Å². The summed E-state index contributed by atoms with van der Waals surface area (Å²) in [6.45, 7) is 2.73. The Morgan fingerprint density at radius 1 is 1.24 bits per heavy atom. The zero-order chi connectivity index (χ0) is 14.8.